The first-order valence-electron chi connectivity index (χ1n) is 8.59. The second-order valence-corrected chi connectivity index (χ2v) is 6.45. The molecule has 0 saturated heterocycles. The van der Waals surface area contributed by atoms with Crippen LogP contribution in [0.3, 0.4) is 0 Å². The Morgan fingerprint density at radius 3 is 2.54 bits per heavy atom. The summed E-state index contributed by atoms with van der Waals surface area (Å²) in [7, 11) is 0. The molecule has 0 saturated carbocycles. The van der Waals surface area contributed by atoms with Gasteiger partial charge in [0.25, 0.3) is 0 Å². The van der Waals surface area contributed by atoms with E-state index in [2.05, 4.69) is 10.3 Å². The van der Waals surface area contributed by atoms with Crippen molar-refractivity contribution in [3.8, 4) is 11.5 Å². The number of halogens is 5. The van der Waals surface area contributed by atoms with Crippen LogP contribution in [0.1, 0.15) is 17.5 Å². The van der Waals surface area contributed by atoms with E-state index in [1.165, 1.54) is 12.1 Å². The molecule has 3 nitrogen and oxygen atoms in total. The van der Waals surface area contributed by atoms with Crippen LogP contribution in [0.2, 0.25) is 0 Å². The number of rotatable bonds is 3. The molecule has 0 aliphatic carbocycles. The average molecular weight is 394 g/mol. The third-order valence-electron chi connectivity index (χ3n) is 4.60. The molecule has 0 amide bonds. The van der Waals surface area contributed by atoms with Gasteiger partial charge in [-0.1, -0.05) is 6.08 Å². The monoisotopic (exact) mass is 394 g/mol. The van der Waals surface area contributed by atoms with Crippen molar-refractivity contribution in [3.05, 3.63) is 65.4 Å². The number of benzene rings is 2. The fourth-order valence-electron chi connectivity index (χ4n) is 3.24. The molecule has 146 valence electrons. The predicted octanol–water partition coefficient (Wildman–Crippen LogP) is 5.63. The van der Waals surface area contributed by atoms with Gasteiger partial charge < -0.3 is 15.0 Å². The number of hydrogen-bond donors (Lipinski definition) is 2. The molecule has 0 fully saturated rings. The molecule has 0 radical (unpaired) electrons. The molecule has 0 spiro atoms. The molecule has 0 atom stereocenters. The lowest BCUT2D eigenvalue weighted by molar-refractivity contribution is -0.137. The van der Waals surface area contributed by atoms with Gasteiger partial charge in [0.15, 0.2) is 17.5 Å². The van der Waals surface area contributed by atoms with Crippen LogP contribution in [-0.4, -0.2) is 18.1 Å². The fraction of sp³-hybridized carbons (Fsp3) is 0.200. The van der Waals surface area contributed by atoms with Crippen molar-refractivity contribution in [2.75, 3.05) is 13.1 Å². The van der Waals surface area contributed by atoms with Crippen LogP contribution in [0.5, 0.6) is 11.5 Å². The minimum absolute atomic E-state index is 0.0779. The Balaban J connectivity index is 1.84. The predicted molar refractivity (Wildman–Crippen MR) is 95.2 cm³/mol. The zero-order valence-corrected chi connectivity index (χ0v) is 14.5. The Bertz CT molecular complexity index is 1070. The molecule has 1 aromatic heterocycles. The summed E-state index contributed by atoms with van der Waals surface area (Å²) in [6.45, 7) is 1.12. The van der Waals surface area contributed by atoms with Crippen molar-refractivity contribution >= 4 is 16.5 Å². The zero-order valence-electron chi connectivity index (χ0n) is 14.5. The standard InChI is InChI=1S/C20H15F5N2O/c21-15-2-3-16-14(10-18(22)27-16)19(15)28-17-4-1-12(20(23,24)25)9-13(17)11-5-7-26-8-6-11/h1-5,9-10,26-27H,6-8H2. The second-order valence-electron chi connectivity index (χ2n) is 6.45. The summed E-state index contributed by atoms with van der Waals surface area (Å²) in [6, 6.07) is 6.62. The van der Waals surface area contributed by atoms with E-state index in [1.807, 2.05) is 0 Å². The largest absolute Gasteiger partial charge is 0.453 e. The summed E-state index contributed by atoms with van der Waals surface area (Å²) < 4.78 is 73.2. The van der Waals surface area contributed by atoms with Gasteiger partial charge in [0.1, 0.15) is 5.75 Å². The van der Waals surface area contributed by atoms with Gasteiger partial charge in [0.05, 0.1) is 11.1 Å². The quantitative estimate of drug-likeness (QED) is 0.565. The fourth-order valence-corrected chi connectivity index (χ4v) is 3.24. The van der Waals surface area contributed by atoms with Gasteiger partial charge in [0.2, 0.25) is 0 Å². The number of aromatic amines is 1. The highest BCUT2D eigenvalue weighted by atomic mass is 19.4. The maximum absolute atomic E-state index is 14.4. The molecule has 2 N–H and O–H groups in total. The lowest BCUT2D eigenvalue weighted by Crippen LogP contribution is -2.20. The molecule has 2 aromatic carbocycles. The van der Waals surface area contributed by atoms with Gasteiger partial charge >= 0.3 is 6.18 Å². The van der Waals surface area contributed by atoms with Crippen LogP contribution < -0.4 is 10.1 Å². The number of nitrogens with one attached hydrogen (secondary N) is 2. The second kappa shape index (κ2) is 6.94. The first-order valence-corrected chi connectivity index (χ1v) is 8.59. The maximum Gasteiger partial charge on any atom is 0.416 e. The molecular weight excluding hydrogens is 379 g/mol. The Morgan fingerprint density at radius 1 is 1.00 bits per heavy atom. The van der Waals surface area contributed by atoms with Crippen molar-refractivity contribution in [2.24, 2.45) is 0 Å². The topological polar surface area (TPSA) is 37.0 Å². The van der Waals surface area contributed by atoms with Crippen LogP contribution in [0.25, 0.3) is 16.5 Å². The van der Waals surface area contributed by atoms with E-state index in [9.17, 15) is 22.0 Å². The Morgan fingerprint density at radius 2 is 1.82 bits per heavy atom. The summed E-state index contributed by atoms with van der Waals surface area (Å²) in [5, 5.41) is 3.26. The van der Waals surface area contributed by atoms with Crippen LogP contribution in [0.4, 0.5) is 22.0 Å². The molecule has 1 aliphatic heterocycles. The van der Waals surface area contributed by atoms with Crippen LogP contribution >= 0.6 is 0 Å². The first-order chi connectivity index (χ1) is 13.3. The van der Waals surface area contributed by atoms with Crippen molar-refractivity contribution in [3.63, 3.8) is 0 Å². The number of ether oxygens (including phenoxy) is 1. The van der Waals surface area contributed by atoms with Crippen molar-refractivity contribution < 1.29 is 26.7 Å². The van der Waals surface area contributed by atoms with Crippen molar-refractivity contribution in [1.82, 2.24) is 10.3 Å². The molecule has 8 heteroatoms. The smallest absolute Gasteiger partial charge is 0.416 e. The van der Waals surface area contributed by atoms with Crippen molar-refractivity contribution in [2.45, 2.75) is 12.6 Å². The zero-order chi connectivity index (χ0) is 19.9. The highest BCUT2D eigenvalue weighted by Crippen LogP contribution is 2.40. The molecular formula is C20H15F5N2O. The van der Waals surface area contributed by atoms with Gasteiger partial charge in [-0.2, -0.15) is 17.6 Å². The molecule has 2 heterocycles. The highest BCUT2D eigenvalue weighted by Gasteiger charge is 2.32. The average Bonchev–Trinajstić information content (AvgIpc) is 3.05. The molecule has 3 aromatic rings. The first kappa shape index (κ1) is 18.5. The molecule has 0 bridgehead atoms. The van der Waals surface area contributed by atoms with E-state index in [1.54, 1.807) is 6.08 Å². The normalized spacial score (nSPS) is 15.0. The van der Waals surface area contributed by atoms with Crippen molar-refractivity contribution in [1.29, 1.82) is 0 Å². The van der Waals surface area contributed by atoms with E-state index in [4.69, 9.17) is 4.74 Å². The number of H-pyrrole nitrogens is 1. The number of alkyl halides is 3. The lowest BCUT2D eigenvalue weighted by atomic mass is 9.97. The molecule has 1 aliphatic rings. The van der Waals surface area contributed by atoms with Crippen LogP contribution in [-0.2, 0) is 6.18 Å². The van der Waals surface area contributed by atoms with Gasteiger partial charge in [-0.25, -0.2) is 4.39 Å². The number of fused-ring (bicyclic) bond motifs is 1. The molecule has 4 rings (SSSR count). The lowest BCUT2D eigenvalue weighted by Gasteiger charge is -2.20. The third-order valence-corrected chi connectivity index (χ3v) is 4.60. The van der Waals surface area contributed by atoms with E-state index < -0.39 is 23.5 Å². The maximum atomic E-state index is 14.4. The van der Waals surface area contributed by atoms with Gasteiger partial charge in [0, 0.05) is 23.6 Å². The summed E-state index contributed by atoms with van der Waals surface area (Å²) in [4.78, 5) is 2.44. The van der Waals surface area contributed by atoms with Crippen LogP contribution in [0.15, 0.2) is 42.5 Å². The molecule has 0 unspecified atom stereocenters. The molecule has 28 heavy (non-hydrogen) atoms. The van der Waals surface area contributed by atoms with Gasteiger partial charge in [-0.3, -0.25) is 0 Å². The van der Waals surface area contributed by atoms with E-state index in [-0.39, 0.29) is 22.4 Å². The van der Waals surface area contributed by atoms with Gasteiger partial charge in [-0.05, 0) is 48.9 Å². The highest BCUT2D eigenvalue weighted by molar-refractivity contribution is 5.87. The Labute approximate surface area is 156 Å². The van der Waals surface area contributed by atoms with Gasteiger partial charge in [-0.15, -0.1) is 0 Å². The SMILES string of the molecule is Fc1cc2c(Oc3ccc(C(F)(F)F)cc3C3=CCNCC3)c(F)ccc2[nH]1. The minimum Gasteiger partial charge on any atom is -0.453 e. The van der Waals surface area contributed by atoms with Crippen LogP contribution in [0, 0.1) is 11.8 Å². The van der Waals surface area contributed by atoms with E-state index in [0.29, 0.717) is 30.6 Å². The number of hydrogen-bond acceptors (Lipinski definition) is 2. The summed E-state index contributed by atoms with van der Waals surface area (Å²) in [6.07, 6.45) is -2.24. The minimum atomic E-state index is -4.52. The summed E-state index contributed by atoms with van der Waals surface area (Å²) in [5.41, 5.74) is 0.417. The summed E-state index contributed by atoms with van der Waals surface area (Å²) >= 11 is 0. The van der Waals surface area contributed by atoms with E-state index in [0.717, 1.165) is 24.3 Å². The van der Waals surface area contributed by atoms with E-state index >= 15 is 0 Å². The Hall–Kier alpha value is -2.87. The third kappa shape index (κ3) is 3.47. The Kier molecular flexibility index (Phi) is 4.58. The summed E-state index contributed by atoms with van der Waals surface area (Å²) in [5.74, 6) is -1.57. The number of aromatic nitrogens is 1.